The summed E-state index contributed by atoms with van der Waals surface area (Å²) in [4.78, 5) is 14.3. The van der Waals surface area contributed by atoms with Crippen LogP contribution in [0.2, 0.25) is 0 Å². The molecule has 3 aromatic rings. The van der Waals surface area contributed by atoms with Crippen LogP contribution in [0.25, 0.3) is 0 Å². The summed E-state index contributed by atoms with van der Waals surface area (Å²) in [6.45, 7) is 5.52. The molecule has 0 amide bonds. The van der Waals surface area contributed by atoms with E-state index >= 15 is 0 Å². The maximum atomic E-state index is 5.47. The third-order valence-corrected chi connectivity index (χ3v) is 4.71. The van der Waals surface area contributed by atoms with Crippen LogP contribution in [-0.4, -0.2) is 41.3 Å². The van der Waals surface area contributed by atoms with Crippen LogP contribution in [0.5, 0.6) is 0 Å². The van der Waals surface area contributed by atoms with Gasteiger partial charge < -0.3 is 19.9 Å². The number of morpholine rings is 1. The number of aryl methyl sites for hydroxylation is 1. The van der Waals surface area contributed by atoms with E-state index in [4.69, 9.17) is 4.74 Å². The van der Waals surface area contributed by atoms with Crippen LogP contribution in [-0.2, 0) is 4.74 Å². The second kappa shape index (κ2) is 7.58. The highest BCUT2D eigenvalue weighted by atomic mass is 16.5. The third kappa shape index (κ3) is 3.55. The molecule has 134 valence electrons. The van der Waals surface area contributed by atoms with Gasteiger partial charge >= 0.3 is 0 Å². The van der Waals surface area contributed by atoms with Crippen molar-refractivity contribution in [3.8, 4) is 0 Å². The molecule has 0 saturated carbocycles. The Balaban J connectivity index is 1.65. The molecular weight excluding hydrogens is 326 g/mol. The van der Waals surface area contributed by atoms with Crippen molar-refractivity contribution < 1.29 is 4.74 Å². The fourth-order valence-corrected chi connectivity index (χ4v) is 3.23. The van der Waals surface area contributed by atoms with E-state index in [1.165, 1.54) is 11.3 Å². The lowest BCUT2D eigenvalue weighted by molar-refractivity contribution is 0.122. The molecule has 0 aliphatic carbocycles. The number of imidazole rings is 1. The average Bonchev–Trinajstić information content (AvgIpc) is 3.23. The highest BCUT2D eigenvalue weighted by molar-refractivity contribution is 5.63. The quantitative estimate of drug-likeness (QED) is 0.741. The monoisotopic (exact) mass is 349 g/mol. The van der Waals surface area contributed by atoms with Gasteiger partial charge in [0.15, 0.2) is 0 Å². The molecule has 26 heavy (non-hydrogen) atoms. The van der Waals surface area contributed by atoms with Crippen LogP contribution >= 0.6 is 0 Å². The lowest BCUT2D eigenvalue weighted by Gasteiger charge is -2.30. The number of nitrogens with one attached hydrogen (secondary N) is 2. The molecule has 6 heteroatoms. The topological polar surface area (TPSA) is 66.1 Å². The van der Waals surface area contributed by atoms with Crippen molar-refractivity contribution in [2.75, 3.05) is 36.5 Å². The molecule has 1 unspecified atom stereocenters. The molecule has 0 radical (unpaired) electrons. The average molecular weight is 349 g/mol. The molecule has 0 bridgehead atoms. The van der Waals surface area contributed by atoms with Gasteiger partial charge in [0.25, 0.3) is 0 Å². The molecule has 4 rings (SSSR count). The zero-order valence-electron chi connectivity index (χ0n) is 14.9. The molecule has 3 heterocycles. The van der Waals surface area contributed by atoms with E-state index in [0.717, 1.165) is 43.4 Å². The summed E-state index contributed by atoms with van der Waals surface area (Å²) in [6, 6.07) is 10.5. The molecule has 1 aliphatic heterocycles. The lowest BCUT2D eigenvalue weighted by Crippen LogP contribution is -2.36. The minimum atomic E-state index is -0.0858. The number of H-pyrrole nitrogens is 1. The Morgan fingerprint density at radius 1 is 1.19 bits per heavy atom. The van der Waals surface area contributed by atoms with Gasteiger partial charge in [0.05, 0.1) is 13.2 Å². The van der Waals surface area contributed by atoms with E-state index < -0.39 is 0 Å². The Labute approximate surface area is 153 Å². The summed E-state index contributed by atoms with van der Waals surface area (Å²) in [5, 5.41) is 3.65. The molecule has 1 saturated heterocycles. The Bertz CT molecular complexity index is 829. The number of aromatic amines is 1. The molecule has 2 aromatic heterocycles. The van der Waals surface area contributed by atoms with Gasteiger partial charge in [-0.3, -0.25) is 4.98 Å². The van der Waals surface area contributed by atoms with Gasteiger partial charge in [-0.25, -0.2) is 4.98 Å². The van der Waals surface area contributed by atoms with E-state index in [1.807, 2.05) is 18.5 Å². The van der Waals surface area contributed by atoms with Crippen LogP contribution in [0, 0.1) is 6.92 Å². The molecule has 1 fully saturated rings. The summed E-state index contributed by atoms with van der Waals surface area (Å²) >= 11 is 0. The van der Waals surface area contributed by atoms with Crippen molar-refractivity contribution >= 4 is 11.4 Å². The van der Waals surface area contributed by atoms with Crippen LogP contribution in [0.4, 0.5) is 11.4 Å². The molecule has 1 aromatic carbocycles. The Morgan fingerprint density at radius 2 is 2.08 bits per heavy atom. The predicted molar refractivity (Wildman–Crippen MR) is 103 cm³/mol. The van der Waals surface area contributed by atoms with Crippen molar-refractivity contribution in [3.63, 3.8) is 0 Å². The van der Waals surface area contributed by atoms with Gasteiger partial charge in [0.2, 0.25) is 0 Å². The van der Waals surface area contributed by atoms with Gasteiger partial charge in [-0.2, -0.15) is 0 Å². The van der Waals surface area contributed by atoms with Gasteiger partial charge in [0.1, 0.15) is 11.9 Å². The number of pyridine rings is 1. The highest BCUT2D eigenvalue weighted by Gasteiger charge is 2.19. The molecule has 6 nitrogen and oxygen atoms in total. The van der Waals surface area contributed by atoms with E-state index in [2.05, 4.69) is 56.4 Å². The number of nitrogens with zero attached hydrogens (tertiary/aromatic N) is 3. The second-order valence-electron chi connectivity index (χ2n) is 6.44. The number of benzene rings is 1. The first-order valence-corrected chi connectivity index (χ1v) is 8.90. The third-order valence-electron chi connectivity index (χ3n) is 4.71. The molecule has 1 atom stereocenters. The van der Waals surface area contributed by atoms with Crippen molar-refractivity contribution in [2.24, 2.45) is 0 Å². The number of aromatic nitrogens is 3. The first kappa shape index (κ1) is 16.6. The van der Waals surface area contributed by atoms with Gasteiger partial charge in [-0.15, -0.1) is 0 Å². The molecular formula is C20H23N5O. The smallest absolute Gasteiger partial charge is 0.133 e. The SMILES string of the molecule is Cc1ccc(N2CCOCC2)cc1NC(c1cccnc1)c1ncc[nH]1. The molecule has 0 spiro atoms. The number of anilines is 2. The Morgan fingerprint density at radius 3 is 2.81 bits per heavy atom. The van der Waals surface area contributed by atoms with Crippen molar-refractivity contribution in [1.82, 2.24) is 15.0 Å². The van der Waals surface area contributed by atoms with Gasteiger partial charge in [0, 0.05) is 54.8 Å². The zero-order valence-corrected chi connectivity index (χ0v) is 14.9. The fourth-order valence-electron chi connectivity index (χ4n) is 3.23. The minimum absolute atomic E-state index is 0.0858. The van der Waals surface area contributed by atoms with E-state index in [-0.39, 0.29) is 6.04 Å². The zero-order chi connectivity index (χ0) is 17.8. The van der Waals surface area contributed by atoms with Crippen molar-refractivity contribution in [1.29, 1.82) is 0 Å². The van der Waals surface area contributed by atoms with Crippen molar-refractivity contribution in [3.05, 3.63) is 72.1 Å². The predicted octanol–water partition coefficient (Wildman–Crippen LogP) is 3.15. The van der Waals surface area contributed by atoms with Crippen LogP contribution < -0.4 is 10.2 Å². The minimum Gasteiger partial charge on any atom is -0.378 e. The maximum Gasteiger partial charge on any atom is 0.133 e. The van der Waals surface area contributed by atoms with Crippen LogP contribution in [0.1, 0.15) is 23.0 Å². The normalized spacial score (nSPS) is 15.7. The largest absolute Gasteiger partial charge is 0.378 e. The summed E-state index contributed by atoms with van der Waals surface area (Å²) in [6.07, 6.45) is 7.28. The van der Waals surface area contributed by atoms with E-state index in [0.29, 0.717) is 0 Å². The Hall–Kier alpha value is -2.86. The maximum absolute atomic E-state index is 5.47. The van der Waals surface area contributed by atoms with Crippen LogP contribution in [0.3, 0.4) is 0 Å². The van der Waals surface area contributed by atoms with Gasteiger partial charge in [-0.1, -0.05) is 12.1 Å². The Kier molecular flexibility index (Phi) is 4.84. The summed E-state index contributed by atoms with van der Waals surface area (Å²) in [5.41, 5.74) is 4.58. The number of ether oxygens (including phenoxy) is 1. The summed E-state index contributed by atoms with van der Waals surface area (Å²) in [7, 11) is 0. The number of rotatable bonds is 5. The first-order chi connectivity index (χ1) is 12.8. The van der Waals surface area contributed by atoms with Crippen LogP contribution in [0.15, 0.2) is 55.1 Å². The number of hydrogen-bond acceptors (Lipinski definition) is 5. The van der Waals surface area contributed by atoms with E-state index in [9.17, 15) is 0 Å². The summed E-state index contributed by atoms with van der Waals surface area (Å²) in [5.74, 6) is 0.870. The van der Waals surface area contributed by atoms with Crippen molar-refractivity contribution in [2.45, 2.75) is 13.0 Å². The standard InChI is InChI=1S/C20H23N5O/c1-15-4-5-17(25-9-11-26-12-10-25)13-18(15)24-19(20-22-7-8-23-20)16-3-2-6-21-14-16/h2-8,13-14,19,24H,9-12H2,1H3,(H,22,23). The summed E-state index contributed by atoms with van der Waals surface area (Å²) < 4.78 is 5.47. The highest BCUT2D eigenvalue weighted by Crippen LogP contribution is 2.29. The molecule has 2 N–H and O–H groups in total. The molecule has 1 aliphatic rings. The first-order valence-electron chi connectivity index (χ1n) is 8.90. The second-order valence-corrected chi connectivity index (χ2v) is 6.44. The van der Waals surface area contributed by atoms with Gasteiger partial charge in [-0.05, 0) is 30.7 Å². The van der Waals surface area contributed by atoms with E-state index in [1.54, 1.807) is 12.4 Å². The lowest BCUT2D eigenvalue weighted by atomic mass is 10.1. The number of hydrogen-bond donors (Lipinski definition) is 2. The fraction of sp³-hybridized carbons (Fsp3) is 0.300.